The summed E-state index contributed by atoms with van der Waals surface area (Å²) in [6.45, 7) is 0. The van der Waals surface area contributed by atoms with Crippen LogP contribution in [0.15, 0.2) is 36.4 Å². The van der Waals surface area contributed by atoms with Crippen molar-refractivity contribution in [2.24, 2.45) is 0 Å². The minimum Gasteiger partial charge on any atom is -0.373 e. The van der Waals surface area contributed by atoms with Gasteiger partial charge in [-0.3, -0.25) is 4.79 Å². The van der Waals surface area contributed by atoms with Crippen molar-refractivity contribution in [3.8, 4) is 0 Å². The summed E-state index contributed by atoms with van der Waals surface area (Å²) in [5.74, 6) is -4.12. The molecular formula is C15H11F3N2O. The van der Waals surface area contributed by atoms with Crippen LogP contribution >= 0.6 is 0 Å². The molecule has 0 unspecified atom stereocenters. The Morgan fingerprint density at radius 2 is 1.95 bits per heavy atom. The van der Waals surface area contributed by atoms with E-state index in [9.17, 15) is 18.0 Å². The Bertz CT molecular complexity index is 693. The molecule has 1 aliphatic heterocycles. The summed E-state index contributed by atoms with van der Waals surface area (Å²) in [6, 6.07) is 7.94. The molecule has 2 aromatic rings. The van der Waals surface area contributed by atoms with Gasteiger partial charge in [0.2, 0.25) is 5.91 Å². The van der Waals surface area contributed by atoms with Gasteiger partial charge in [0.05, 0.1) is 5.69 Å². The first kappa shape index (κ1) is 13.5. The maximum absolute atomic E-state index is 13.5. The second kappa shape index (κ2) is 5.12. The lowest BCUT2D eigenvalue weighted by Gasteiger charge is -2.12. The van der Waals surface area contributed by atoms with E-state index in [1.807, 2.05) is 24.3 Å². The van der Waals surface area contributed by atoms with E-state index in [1.165, 1.54) is 0 Å². The number of carbonyl (C=O) groups excluding carboxylic acids is 1. The van der Waals surface area contributed by atoms with Gasteiger partial charge in [0.15, 0.2) is 11.6 Å². The Morgan fingerprint density at radius 3 is 2.71 bits per heavy atom. The maximum Gasteiger partial charge on any atom is 0.247 e. The second-order valence-corrected chi connectivity index (χ2v) is 4.80. The fourth-order valence-electron chi connectivity index (χ4n) is 2.32. The van der Waals surface area contributed by atoms with E-state index in [4.69, 9.17) is 0 Å². The van der Waals surface area contributed by atoms with Crippen molar-refractivity contribution in [1.82, 2.24) is 0 Å². The second-order valence-electron chi connectivity index (χ2n) is 4.80. The van der Waals surface area contributed by atoms with Crippen molar-refractivity contribution in [2.75, 3.05) is 10.6 Å². The monoisotopic (exact) mass is 292 g/mol. The number of nitrogens with one attached hydrogen (secondary N) is 2. The predicted molar refractivity (Wildman–Crippen MR) is 72.5 cm³/mol. The zero-order valence-electron chi connectivity index (χ0n) is 10.8. The average molecular weight is 292 g/mol. The molecule has 0 fully saturated rings. The van der Waals surface area contributed by atoms with Gasteiger partial charge in [-0.1, -0.05) is 18.2 Å². The number of para-hydroxylation sites is 1. The van der Waals surface area contributed by atoms with Crippen LogP contribution in [-0.2, 0) is 11.2 Å². The Morgan fingerprint density at radius 1 is 1.19 bits per heavy atom. The minimum atomic E-state index is -1.34. The van der Waals surface area contributed by atoms with Crippen molar-refractivity contribution in [1.29, 1.82) is 0 Å². The molecule has 0 aromatic heterocycles. The fourth-order valence-corrected chi connectivity index (χ4v) is 2.32. The van der Waals surface area contributed by atoms with Crippen LogP contribution in [0.5, 0.6) is 0 Å². The molecule has 1 heterocycles. The molecule has 2 N–H and O–H groups in total. The standard InChI is InChI=1S/C15H11F3N2O/c16-9-6-10(17)14(18)12(7-9)20-15(21)13-5-8-3-1-2-4-11(8)19-13/h1-4,6-7,13,19H,5H2,(H,20,21)/t13-/m0/s1. The zero-order valence-corrected chi connectivity index (χ0v) is 10.8. The number of hydrogen-bond donors (Lipinski definition) is 2. The number of anilines is 2. The number of benzene rings is 2. The largest absolute Gasteiger partial charge is 0.373 e. The van der Waals surface area contributed by atoms with Gasteiger partial charge in [-0.05, 0) is 11.6 Å². The molecule has 0 saturated heterocycles. The highest BCUT2D eigenvalue weighted by Gasteiger charge is 2.27. The molecule has 1 amide bonds. The molecule has 2 aromatic carbocycles. The van der Waals surface area contributed by atoms with Crippen LogP contribution in [0.3, 0.4) is 0 Å². The SMILES string of the molecule is O=C(Nc1cc(F)cc(F)c1F)[C@@H]1Cc2ccccc2N1. The Hall–Kier alpha value is -2.50. The van der Waals surface area contributed by atoms with Gasteiger partial charge in [-0.2, -0.15) is 0 Å². The molecule has 0 saturated carbocycles. The quantitative estimate of drug-likeness (QED) is 0.835. The van der Waals surface area contributed by atoms with Gasteiger partial charge in [0.25, 0.3) is 0 Å². The van der Waals surface area contributed by atoms with Crippen molar-refractivity contribution >= 4 is 17.3 Å². The van der Waals surface area contributed by atoms with E-state index in [2.05, 4.69) is 10.6 Å². The highest BCUT2D eigenvalue weighted by Crippen LogP contribution is 2.26. The van der Waals surface area contributed by atoms with E-state index in [-0.39, 0.29) is 0 Å². The van der Waals surface area contributed by atoms with E-state index in [1.54, 1.807) is 0 Å². The number of amides is 1. The lowest BCUT2D eigenvalue weighted by molar-refractivity contribution is -0.116. The number of rotatable bonds is 2. The topological polar surface area (TPSA) is 41.1 Å². The third kappa shape index (κ3) is 2.56. The summed E-state index contributed by atoms with van der Waals surface area (Å²) in [5, 5.41) is 5.19. The maximum atomic E-state index is 13.5. The van der Waals surface area contributed by atoms with Crippen molar-refractivity contribution < 1.29 is 18.0 Å². The predicted octanol–water partition coefficient (Wildman–Crippen LogP) is 3.08. The van der Waals surface area contributed by atoms with Crippen LogP contribution in [0, 0.1) is 17.5 Å². The first-order valence-corrected chi connectivity index (χ1v) is 6.34. The Kier molecular flexibility index (Phi) is 3.29. The summed E-state index contributed by atoms with van der Waals surface area (Å²) < 4.78 is 39.7. The van der Waals surface area contributed by atoms with Gasteiger partial charge < -0.3 is 10.6 Å². The van der Waals surface area contributed by atoms with E-state index in [0.29, 0.717) is 12.5 Å². The summed E-state index contributed by atoms with van der Waals surface area (Å²) in [5.41, 5.74) is 1.28. The molecule has 0 radical (unpaired) electrons. The van der Waals surface area contributed by atoms with Crippen LogP contribution in [0.2, 0.25) is 0 Å². The zero-order chi connectivity index (χ0) is 15.0. The molecule has 108 valence electrons. The first-order chi connectivity index (χ1) is 10.0. The fraction of sp³-hybridized carbons (Fsp3) is 0.133. The lowest BCUT2D eigenvalue weighted by Crippen LogP contribution is -2.33. The summed E-state index contributed by atoms with van der Waals surface area (Å²) in [4.78, 5) is 12.1. The Labute approximate surface area is 118 Å². The van der Waals surface area contributed by atoms with Crippen LogP contribution < -0.4 is 10.6 Å². The van der Waals surface area contributed by atoms with Crippen LogP contribution in [-0.4, -0.2) is 11.9 Å². The molecule has 1 aliphatic rings. The highest BCUT2D eigenvalue weighted by molar-refractivity contribution is 5.98. The van der Waals surface area contributed by atoms with Crippen molar-refractivity contribution in [2.45, 2.75) is 12.5 Å². The lowest BCUT2D eigenvalue weighted by atomic mass is 10.1. The molecular weight excluding hydrogens is 281 g/mol. The Balaban J connectivity index is 1.77. The van der Waals surface area contributed by atoms with Crippen molar-refractivity contribution in [3.63, 3.8) is 0 Å². The molecule has 0 aliphatic carbocycles. The number of halogens is 3. The number of fused-ring (bicyclic) bond motifs is 1. The molecule has 6 heteroatoms. The highest BCUT2D eigenvalue weighted by atomic mass is 19.2. The summed E-state index contributed by atoms with van der Waals surface area (Å²) in [6.07, 6.45) is 0.432. The summed E-state index contributed by atoms with van der Waals surface area (Å²) >= 11 is 0. The molecule has 1 atom stereocenters. The van der Waals surface area contributed by atoms with E-state index >= 15 is 0 Å². The minimum absolute atomic E-state index is 0.425. The smallest absolute Gasteiger partial charge is 0.247 e. The van der Waals surface area contributed by atoms with Gasteiger partial charge in [-0.25, -0.2) is 13.2 Å². The van der Waals surface area contributed by atoms with Crippen LogP contribution in [0.1, 0.15) is 5.56 Å². The van der Waals surface area contributed by atoms with Gasteiger partial charge in [0, 0.05) is 24.2 Å². The van der Waals surface area contributed by atoms with Gasteiger partial charge in [-0.15, -0.1) is 0 Å². The number of hydrogen-bond acceptors (Lipinski definition) is 2. The van der Waals surface area contributed by atoms with E-state index in [0.717, 1.165) is 17.3 Å². The first-order valence-electron chi connectivity index (χ1n) is 6.34. The van der Waals surface area contributed by atoms with Crippen LogP contribution in [0.4, 0.5) is 24.5 Å². The molecule has 0 bridgehead atoms. The van der Waals surface area contributed by atoms with Crippen molar-refractivity contribution in [3.05, 3.63) is 59.4 Å². The number of carbonyl (C=O) groups is 1. The summed E-state index contributed by atoms with van der Waals surface area (Å²) in [7, 11) is 0. The normalized spacial score (nSPS) is 16.2. The third-order valence-electron chi connectivity index (χ3n) is 3.34. The van der Waals surface area contributed by atoms with Gasteiger partial charge >= 0.3 is 0 Å². The van der Waals surface area contributed by atoms with Gasteiger partial charge in [0.1, 0.15) is 11.9 Å². The third-order valence-corrected chi connectivity index (χ3v) is 3.34. The molecule has 0 spiro atoms. The molecule has 3 nitrogen and oxygen atoms in total. The molecule has 21 heavy (non-hydrogen) atoms. The van der Waals surface area contributed by atoms with Crippen LogP contribution in [0.25, 0.3) is 0 Å². The average Bonchev–Trinajstić information content (AvgIpc) is 2.88. The molecule has 3 rings (SSSR count). The van der Waals surface area contributed by atoms with E-state index < -0.39 is 35.1 Å².